The maximum absolute atomic E-state index is 11.2. The summed E-state index contributed by atoms with van der Waals surface area (Å²) in [4.78, 5) is 15.2. The van der Waals surface area contributed by atoms with Crippen LogP contribution in [0.25, 0.3) is 0 Å². The van der Waals surface area contributed by atoms with Crippen LogP contribution >= 0.6 is 0 Å². The van der Waals surface area contributed by atoms with E-state index in [2.05, 4.69) is 15.4 Å². The minimum atomic E-state index is -1.05. The van der Waals surface area contributed by atoms with Crippen molar-refractivity contribution in [3.63, 3.8) is 0 Å². The van der Waals surface area contributed by atoms with Gasteiger partial charge in [0.2, 0.25) is 12.7 Å². The Hall–Kier alpha value is -3.03. The number of nitrogens with one attached hydrogen (secondary N) is 1. The lowest BCUT2D eigenvalue weighted by Gasteiger charge is -2.22. The number of carboxylic acid groups (broad SMARTS) is 1. The standard InChI is InChI=1S/C13H10N4O4/c18-12(19)8-4-9(17-13(16-8)14-5-15-17)7-1-2-10-11(3-7)21-6-20-10/h1-5,9H,6H2,(H,18,19)(H,14,15,16). The van der Waals surface area contributed by atoms with Crippen molar-refractivity contribution in [1.82, 2.24) is 14.8 Å². The van der Waals surface area contributed by atoms with Crippen molar-refractivity contribution in [3.05, 3.63) is 41.9 Å². The SMILES string of the molecule is O=C(O)C1=CC(c2ccc3c(c2)OCO3)n2ncnc2N1. The van der Waals surface area contributed by atoms with Gasteiger partial charge in [-0.2, -0.15) is 10.1 Å². The molecular formula is C13H10N4O4. The first-order chi connectivity index (χ1) is 10.2. The molecule has 0 aliphatic carbocycles. The second-order valence-corrected chi connectivity index (χ2v) is 4.60. The van der Waals surface area contributed by atoms with Gasteiger partial charge in [-0.05, 0) is 23.8 Å². The monoisotopic (exact) mass is 286 g/mol. The quantitative estimate of drug-likeness (QED) is 0.849. The summed E-state index contributed by atoms with van der Waals surface area (Å²) in [5, 5.41) is 16.0. The smallest absolute Gasteiger partial charge is 0.352 e. The third kappa shape index (κ3) is 1.80. The van der Waals surface area contributed by atoms with Gasteiger partial charge < -0.3 is 19.9 Å². The maximum atomic E-state index is 11.2. The minimum absolute atomic E-state index is 0.0677. The number of fused-ring (bicyclic) bond motifs is 2. The molecule has 0 amide bonds. The Kier molecular flexibility index (Phi) is 2.37. The van der Waals surface area contributed by atoms with E-state index in [1.807, 2.05) is 12.1 Å². The second-order valence-electron chi connectivity index (χ2n) is 4.60. The molecule has 2 N–H and O–H groups in total. The topological polar surface area (TPSA) is 98.5 Å². The molecule has 2 aliphatic heterocycles. The molecule has 0 saturated carbocycles. The average Bonchev–Trinajstić information content (AvgIpc) is 3.13. The first-order valence-electron chi connectivity index (χ1n) is 6.23. The van der Waals surface area contributed by atoms with Gasteiger partial charge in [0.25, 0.3) is 0 Å². The Morgan fingerprint density at radius 3 is 3.10 bits per heavy atom. The van der Waals surface area contributed by atoms with E-state index in [1.54, 1.807) is 16.8 Å². The van der Waals surface area contributed by atoms with E-state index in [-0.39, 0.29) is 18.5 Å². The molecule has 2 aliphatic rings. The lowest BCUT2D eigenvalue weighted by Crippen LogP contribution is -2.24. The first kappa shape index (κ1) is 11.8. The molecule has 21 heavy (non-hydrogen) atoms. The predicted octanol–water partition coefficient (Wildman–Crippen LogP) is 0.990. The van der Waals surface area contributed by atoms with Crippen LogP contribution < -0.4 is 14.8 Å². The number of carbonyl (C=O) groups is 1. The molecule has 4 rings (SSSR count). The van der Waals surface area contributed by atoms with Gasteiger partial charge in [-0.1, -0.05) is 6.07 Å². The van der Waals surface area contributed by atoms with Crippen molar-refractivity contribution in [3.8, 4) is 11.5 Å². The Balaban J connectivity index is 1.82. The number of anilines is 1. The predicted molar refractivity (Wildman–Crippen MR) is 70.1 cm³/mol. The third-order valence-corrected chi connectivity index (χ3v) is 3.38. The van der Waals surface area contributed by atoms with Crippen LogP contribution in [0.5, 0.6) is 11.5 Å². The number of aromatic nitrogens is 3. The Morgan fingerprint density at radius 1 is 1.38 bits per heavy atom. The van der Waals surface area contributed by atoms with E-state index in [4.69, 9.17) is 9.47 Å². The summed E-state index contributed by atoms with van der Waals surface area (Å²) < 4.78 is 12.2. The molecule has 2 aromatic rings. The fourth-order valence-electron chi connectivity index (χ4n) is 2.39. The van der Waals surface area contributed by atoms with Crippen LogP contribution in [0.15, 0.2) is 36.3 Å². The molecule has 0 bridgehead atoms. The number of nitrogens with zero attached hydrogens (tertiary/aromatic N) is 3. The van der Waals surface area contributed by atoms with E-state index >= 15 is 0 Å². The number of hydrogen-bond acceptors (Lipinski definition) is 6. The highest BCUT2D eigenvalue weighted by atomic mass is 16.7. The van der Waals surface area contributed by atoms with Crippen LogP contribution in [0, 0.1) is 0 Å². The molecule has 1 unspecified atom stereocenters. The van der Waals surface area contributed by atoms with Crippen molar-refractivity contribution in [1.29, 1.82) is 0 Å². The molecular weight excluding hydrogens is 276 g/mol. The van der Waals surface area contributed by atoms with Crippen molar-refractivity contribution >= 4 is 11.9 Å². The van der Waals surface area contributed by atoms with Gasteiger partial charge in [-0.25, -0.2) is 9.48 Å². The molecule has 8 heteroatoms. The lowest BCUT2D eigenvalue weighted by molar-refractivity contribution is -0.132. The van der Waals surface area contributed by atoms with Crippen LogP contribution in [0.1, 0.15) is 11.6 Å². The zero-order valence-corrected chi connectivity index (χ0v) is 10.7. The highest BCUT2D eigenvalue weighted by Gasteiger charge is 2.27. The van der Waals surface area contributed by atoms with Crippen molar-refractivity contribution < 1.29 is 19.4 Å². The maximum Gasteiger partial charge on any atom is 0.352 e. The fourth-order valence-corrected chi connectivity index (χ4v) is 2.39. The molecule has 0 saturated heterocycles. The summed E-state index contributed by atoms with van der Waals surface area (Å²) in [5.41, 5.74) is 0.907. The van der Waals surface area contributed by atoms with Gasteiger partial charge in [0.05, 0.1) is 0 Å². The van der Waals surface area contributed by atoms with Crippen molar-refractivity contribution in [2.45, 2.75) is 6.04 Å². The van der Waals surface area contributed by atoms with E-state index in [1.165, 1.54) is 6.33 Å². The van der Waals surface area contributed by atoms with Crippen LogP contribution in [-0.2, 0) is 4.79 Å². The van der Waals surface area contributed by atoms with Gasteiger partial charge in [-0.3, -0.25) is 0 Å². The van der Waals surface area contributed by atoms with Gasteiger partial charge in [0, 0.05) is 0 Å². The molecule has 0 fully saturated rings. The van der Waals surface area contributed by atoms with Gasteiger partial charge in [-0.15, -0.1) is 0 Å². The number of hydrogen-bond donors (Lipinski definition) is 2. The molecule has 1 aromatic heterocycles. The lowest BCUT2D eigenvalue weighted by atomic mass is 10.0. The number of benzene rings is 1. The summed E-state index contributed by atoms with van der Waals surface area (Å²) in [6.07, 6.45) is 2.96. The van der Waals surface area contributed by atoms with Gasteiger partial charge in [0.1, 0.15) is 18.1 Å². The van der Waals surface area contributed by atoms with Gasteiger partial charge >= 0.3 is 5.97 Å². The highest BCUT2D eigenvalue weighted by Crippen LogP contribution is 2.37. The zero-order chi connectivity index (χ0) is 14.4. The Bertz CT molecular complexity index is 767. The Labute approximate surface area is 118 Å². The second kappa shape index (κ2) is 4.23. The minimum Gasteiger partial charge on any atom is -0.477 e. The zero-order valence-electron chi connectivity index (χ0n) is 10.7. The molecule has 0 radical (unpaired) electrons. The largest absolute Gasteiger partial charge is 0.477 e. The van der Waals surface area contributed by atoms with E-state index in [0.717, 1.165) is 5.56 Å². The van der Waals surface area contributed by atoms with E-state index in [9.17, 15) is 9.90 Å². The molecule has 0 spiro atoms. The van der Waals surface area contributed by atoms with Gasteiger partial charge in [0.15, 0.2) is 11.5 Å². The summed E-state index contributed by atoms with van der Waals surface area (Å²) in [7, 11) is 0. The molecule has 8 nitrogen and oxygen atoms in total. The van der Waals surface area contributed by atoms with Crippen molar-refractivity contribution in [2.75, 3.05) is 12.1 Å². The molecule has 1 atom stereocenters. The van der Waals surface area contributed by atoms with Crippen LogP contribution in [0.4, 0.5) is 5.95 Å². The van der Waals surface area contributed by atoms with E-state index < -0.39 is 5.97 Å². The number of carboxylic acids is 1. The van der Waals surface area contributed by atoms with Crippen LogP contribution in [0.3, 0.4) is 0 Å². The number of ether oxygens (including phenoxy) is 2. The van der Waals surface area contributed by atoms with Crippen LogP contribution in [-0.4, -0.2) is 32.6 Å². The van der Waals surface area contributed by atoms with Crippen LogP contribution in [0.2, 0.25) is 0 Å². The number of allylic oxidation sites excluding steroid dienone is 1. The first-order valence-corrected chi connectivity index (χ1v) is 6.23. The third-order valence-electron chi connectivity index (χ3n) is 3.38. The van der Waals surface area contributed by atoms with E-state index in [0.29, 0.717) is 17.4 Å². The Morgan fingerprint density at radius 2 is 2.24 bits per heavy atom. The molecule has 1 aromatic carbocycles. The fraction of sp³-hybridized carbons (Fsp3) is 0.154. The summed E-state index contributed by atoms with van der Waals surface area (Å²) in [6.45, 7) is 0.190. The highest BCUT2D eigenvalue weighted by molar-refractivity contribution is 5.90. The normalized spacial score (nSPS) is 18.7. The molecule has 106 valence electrons. The van der Waals surface area contributed by atoms with Crippen molar-refractivity contribution in [2.24, 2.45) is 0 Å². The number of rotatable bonds is 2. The summed E-state index contributed by atoms with van der Waals surface area (Å²) in [6, 6.07) is 5.10. The average molecular weight is 286 g/mol. The molecule has 3 heterocycles. The number of aliphatic carboxylic acids is 1. The summed E-state index contributed by atoms with van der Waals surface area (Å²) >= 11 is 0. The summed E-state index contributed by atoms with van der Waals surface area (Å²) in [5.74, 6) is 0.652.